The molecule has 0 spiro atoms. The average molecular weight is 754 g/mol. The number of rotatable bonds is 7. The molecule has 0 aliphatic rings. The Kier molecular flexibility index (Phi) is 8.41. The third-order valence-corrected chi connectivity index (χ3v) is 11.8. The van der Waals surface area contributed by atoms with Gasteiger partial charge in [0.2, 0.25) is 0 Å². The molecule has 0 saturated carbocycles. The molecule has 0 atom stereocenters. The van der Waals surface area contributed by atoms with E-state index in [-0.39, 0.29) is 0 Å². The van der Waals surface area contributed by atoms with Crippen LogP contribution in [0.5, 0.6) is 0 Å². The van der Waals surface area contributed by atoms with E-state index in [9.17, 15) is 0 Å². The SMILES string of the molecule is Cc1cccc2c1oc1c(-c3ccc(N(c4ccc(-c5ccc(-c6ccc7ccccc7c6)cc5)cc4)c4ccc(-c5ccc6ccccc6c5)cc4)cc3)cccc12. The number of para-hydroxylation sites is 2. The summed E-state index contributed by atoms with van der Waals surface area (Å²) in [6.07, 6.45) is 0. The van der Waals surface area contributed by atoms with Crippen LogP contribution in [0.15, 0.2) is 223 Å². The van der Waals surface area contributed by atoms with Crippen LogP contribution in [0.1, 0.15) is 5.56 Å². The predicted octanol–water partition coefficient (Wildman–Crippen LogP) is 16.3. The van der Waals surface area contributed by atoms with E-state index in [1.165, 1.54) is 54.9 Å². The Morgan fingerprint density at radius 1 is 0.305 bits per heavy atom. The number of benzene rings is 10. The standard InChI is InChI=1S/C57H39NO/c1-38-8-6-14-54-55-15-7-13-53(57(55)59-56(38)54)45-28-34-52(35-29-45)58(51-32-26-44(27-33-51)49-23-21-40-10-3-5-12-47(40)37-49)50-30-24-42(25-31-50)41-16-18-43(19-17-41)48-22-20-39-9-2-4-11-46(39)36-48/h2-37H,1H3. The summed E-state index contributed by atoms with van der Waals surface area (Å²) in [4.78, 5) is 2.34. The van der Waals surface area contributed by atoms with Crippen molar-refractivity contribution in [1.82, 2.24) is 0 Å². The summed E-state index contributed by atoms with van der Waals surface area (Å²) in [5.41, 5.74) is 15.7. The predicted molar refractivity (Wildman–Crippen MR) is 250 cm³/mol. The van der Waals surface area contributed by atoms with Crippen molar-refractivity contribution in [3.63, 3.8) is 0 Å². The summed E-state index contributed by atoms with van der Waals surface area (Å²) in [5.74, 6) is 0. The third kappa shape index (κ3) is 6.32. The van der Waals surface area contributed by atoms with E-state index < -0.39 is 0 Å². The van der Waals surface area contributed by atoms with Crippen molar-refractivity contribution >= 4 is 60.5 Å². The number of nitrogens with zero attached hydrogens (tertiary/aromatic N) is 1. The first-order chi connectivity index (χ1) is 29.1. The lowest BCUT2D eigenvalue weighted by atomic mass is 9.98. The highest BCUT2D eigenvalue weighted by Gasteiger charge is 2.17. The van der Waals surface area contributed by atoms with Crippen molar-refractivity contribution in [2.45, 2.75) is 6.92 Å². The Labute approximate surface area is 343 Å². The monoisotopic (exact) mass is 753 g/mol. The minimum absolute atomic E-state index is 0.923. The first kappa shape index (κ1) is 34.6. The molecule has 11 aromatic rings. The van der Waals surface area contributed by atoms with Gasteiger partial charge in [-0.25, -0.2) is 0 Å². The molecule has 0 unspecified atom stereocenters. The molecule has 0 amide bonds. The van der Waals surface area contributed by atoms with Gasteiger partial charge in [0.1, 0.15) is 11.2 Å². The van der Waals surface area contributed by atoms with E-state index in [0.717, 1.165) is 55.7 Å². The number of hydrogen-bond acceptors (Lipinski definition) is 2. The molecule has 0 aliphatic carbocycles. The second kappa shape index (κ2) is 14.4. The van der Waals surface area contributed by atoms with Crippen LogP contribution in [0.2, 0.25) is 0 Å². The van der Waals surface area contributed by atoms with Crippen LogP contribution in [0.3, 0.4) is 0 Å². The first-order valence-corrected chi connectivity index (χ1v) is 20.2. The van der Waals surface area contributed by atoms with Crippen LogP contribution in [0, 0.1) is 6.92 Å². The van der Waals surface area contributed by atoms with Crippen LogP contribution in [-0.4, -0.2) is 0 Å². The van der Waals surface area contributed by atoms with Gasteiger partial charge in [-0.1, -0.05) is 170 Å². The molecule has 0 bridgehead atoms. The van der Waals surface area contributed by atoms with E-state index in [1.807, 2.05) is 0 Å². The number of anilines is 3. The molecule has 0 fully saturated rings. The van der Waals surface area contributed by atoms with Crippen molar-refractivity contribution in [3.8, 4) is 44.5 Å². The smallest absolute Gasteiger partial charge is 0.143 e. The van der Waals surface area contributed by atoms with Crippen LogP contribution in [-0.2, 0) is 0 Å². The van der Waals surface area contributed by atoms with Crippen LogP contribution in [0.25, 0.3) is 88.0 Å². The molecule has 0 saturated heterocycles. The number of hydrogen-bond donors (Lipinski definition) is 0. The third-order valence-electron chi connectivity index (χ3n) is 11.8. The van der Waals surface area contributed by atoms with Gasteiger partial charge in [-0.05, 0) is 122 Å². The zero-order chi connectivity index (χ0) is 39.3. The van der Waals surface area contributed by atoms with Gasteiger partial charge in [-0.2, -0.15) is 0 Å². The first-order valence-electron chi connectivity index (χ1n) is 20.2. The van der Waals surface area contributed by atoms with Crippen molar-refractivity contribution in [2.75, 3.05) is 4.90 Å². The molecule has 0 aliphatic heterocycles. The van der Waals surface area contributed by atoms with Gasteiger partial charge >= 0.3 is 0 Å². The summed E-state index contributed by atoms with van der Waals surface area (Å²) in [6.45, 7) is 2.11. The lowest BCUT2D eigenvalue weighted by Crippen LogP contribution is -2.09. The molecule has 10 aromatic carbocycles. The molecule has 2 nitrogen and oxygen atoms in total. The van der Waals surface area contributed by atoms with Gasteiger partial charge in [0.25, 0.3) is 0 Å². The second-order valence-corrected chi connectivity index (χ2v) is 15.4. The normalized spacial score (nSPS) is 11.5. The van der Waals surface area contributed by atoms with Gasteiger partial charge in [0.05, 0.1) is 0 Å². The average Bonchev–Trinajstić information content (AvgIpc) is 3.70. The van der Waals surface area contributed by atoms with E-state index in [1.54, 1.807) is 0 Å². The molecular formula is C57H39NO. The quantitative estimate of drug-likeness (QED) is 0.161. The molecule has 1 heterocycles. The Morgan fingerprint density at radius 2 is 0.695 bits per heavy atom. The lowest BCUT2D eigenvalue weighted by molar-refractivity contribution is 0.667. The van der Waals surface area contributed by atoms with Gasteiger partial charge in [0.15, 0.2) is 0 Å². The van der Waals surface area contributed by atoms with Gasteiger partial charge < -0.3 is 9.32 Å². The van der Waals surface area contributed by atoms with Gasteiger partial charge in [-0.15, -0.1) is 0 Å². The molecule has 278 valence electrons. The Balaban J connectivity index is 0.942. The fourth-order valence-corrected chi connectivity index (χ4v) is 8.62. The van der Waals surface area contributed by atoms with Crippen molar-refractivity contribution in [2.24, 2.45) is 0 Å². The molecule has 2 heteroatoms. The highest BCUT2D eigenvalue weighted by atomic mass is 16.3. The highest BCUT2D eigenvalue weighted by Crippen LogP contribution is 2.41. The summed E-state index contributed by atoms with van der Waals surface area (Å²) < 4.78 is 6.54. The zero-order valence-corrected chi connectivity index (χ0v) is 32.6. The summed E-state index contributed by atoms with van der Waals surface area (Å²) >= 11 is 0. The molecular weight excluding hydrogens is 715 g/mol. The van der Waals surface area contributed by atoms with E-state index in [2.05, 4.69) is 230 Å². The van der Waals surface area contributed by atoms with Crippen LogP contribution in [0.4, 0.5) is 17.1 Å². The summed E-state index contributed by atoms with van der Waals surface area (Å²) in [5, 5.41) is 7.30. The fourth-order valence-electron chi connectivity index (χ4n) is 8.62. The second-order valence-electron chi connectivity index (χ2n) is 15.4. The maximum atomic E-state index is 6.54. The largest absolute Gasteiger partial charge is 0.455 e. The van der Waals surface area contributed by atoms with Crippen LogP contribution >= 0.6 is 0 Å². The minimum atomic E-state index is 0.923. The number of furan rings is 1. The van der Waals surface area contributed by atoms with E-state index in [0.29, 0.717) is 0 Å². The maximum absolute atomic E-state index is 6.54. The summed E-state index contributed by atoms with van der Waals surface area (Å²) in [7, 11) is 0. The zero-order valence-electron chi connectivity index (χ0n) is 32.6. The molecule has 1 aromatic heterocycles. The van der Waals surface area contributed by atoms with Gasteiger partial charge in [-0.3, -0.25) is 0 Å². The minimum Gasteiger partial charge on any atom is -0.455 e. The summed E-state index contributed by atoms with van der Waals surface area (Å²) in [6, 6.07) is 78.9. The highest BCUT2D eigenvalue weighted by molar-refractivity contribution is 6.10. The molecule has 0 N–H and O–H groups in total. The Bertz CT molecular complexity index is 3300. The van der Waals surface area contributed by atoms with Crippen molar-refractivity contribution < 1.29 is 4.42 Å². The lowest BCUT2D eigenvalue weighted by Gasteiger charge is -2.26. The number of fused-ring (bicyclic) bond motifs is 5. The molecule has 11 rings (SSSR count). The van der Waals surface area contributed by atoms with Crippen molar-refractivity contribution in [1.29, 1.82) is 0 Å². The van der Waals surface area contributed by atoms with Gasteiger partial charge in [0, 0.05) is 33.4 Å². The van der Waals surface area contributed by atoms with E-state index in [4.69, 9.17) is 4.42 Å². The topological polar surface area (TPSA) is 16.4 Å². The van der Waals surface area contributed by atoms with E-state index >= 15 is 0 Å². The Morgan fingerprint density at radius 3 is 1.20 bits per heavy atom. The number of aryl methyl sites for hydroxylation is 1. The maximum Gasteiger partial charge on any atom is 0.143 e. The van der Waals surface area contributed by atoms with Crippen LogP contribution < -0.4 is 4.90 Å². The molecule has 59 heavy (non-hydrogen) atoms. The fraction of sp³-hybridized carbons (Fsp3) is 0.0175. The molecule has 0 radical (unpaired) electrons. The van der Waals surface area contributed by atoms with Crippen molar-refractivity contribution in [3.05, 3.63) is 224 Å². The Hall–Kier alpha value is -7.68.